The van der Waals surface area contributed by atoms with Crippen LogP contribution in [0.4, 0.5) is 0 Å². The first-order valence-corrected chi connectivity index (χ1v) is 6.99. The largest absolute Gasteiger partial charge is 0.493 e. The maximum atomic E-state index is 12.1. The number of rotatable bonds is 3. The number of para-hydroxylation sites is 1. The van der Waals surface area contributed by atoms with Crippen LogP contribution in [0.1, 0.15) is 24.8 Å². The molecule has 1 N–H and O–H groups in total. The Morgan fingerprint density at radius 2 is 2.15 bits per heavy atom. The number of carbonyl (C=O) groups is 2. The number of ether oxygens (including phenoxy) is 1. The van der Waals surface area contributed by atoms with Crippen molar-refractivity contribution in [2.24, 2.45) is 0 Å². The number of nitrogens with one attached hydrogen (secondary N) is 1. The van der Waals surface area contributed by atoms with Gasteiger partial charge in [0.25, 0.3) is 0 Å². The summed E-state index contributed by atoms with van der Waals surface area (Å²) in [4.78, 5) is 25.6. The molecule has 2 aliphatic heterocycles. The predicted molar refractivity (Wildman–Crippen MR) is 73.5 cm³/mol. The molecule has 0 radical (unpaired) electrons. The molecule has 1 aromatic carbocycles. The summed E-state index contributed by atoms with van der Waals surface area (Å²) in [7, 11) is 0. The third-order valence-corrected chi connectivity index (χ3v) is 4.02. The normalized spacial score (nSPS) is 25.1. The monoisotopic (exact) mass is 274 g/mol. The van der Waals surface area contributed by atoms with Gasteiger partial charge >= 0.3 is 0 Å². The highest BCUT2D eigenvalue weighted by molar-refractivity contribution is 5.94. The van der Waals surface area contributed by atoms with Gasteiger partial charge in [-0.15, -0.1) is 0 Å². The fraction of sp³-hybridized carbons (Fsp3) is 0.467. The highest BCUT2D eigenvalue weighted by atomic mass is 16.5. The van der Waals surface area contributed by atoms with E-state index in [4.69, 9.17) is 4.74 Å². The van der Waals surface area contributed by atoms with Gasteiger partial charge in [-0.2, -0.15) is 0 Å². The van der Waals surface area contributed by atoms with E-state index in [0.717, 1.165) is 11.3 Å². The summed E-state index contributed by atoms with van der Waals surface area (Å²) in [5.74, 6) is 0.967. The summed E-state index contributed by atoms with van der Waals surface area (Å²) in [5, 5.41) is 2.65. The molecule has 0 spiro atoms. The van der Waals surface area contributed by atoms with Crippen LogP contribution >= 0.6 is 0 Å². The SMILES string of the molecule is CCC1C(=O)NCC(=O)N1CC1COc2ccccc21. The number of amides is 2. The highest BCUT2D eigenvalue weighted by Gasteiger charge is 2.36. The predicted octanol–water partition coefficient (Wildman–Crippen LogP) is 0.900. The summed E-state index contributed by atoms with van der Waals surface area (Å²) in [5.41, 5.74) is 1.13. The minimum Gasteiger partial charge on any atom is -0.493 e. The van der Waals surface area contributed by atoms with Crippen LogP contribution in [0, 0.1) is 0 Å². The zero-order valence-electron chi connectivity index (χ0n) is 11.5. The molecule has 5 nitrogen and oxygen atoms in total. The van der Waals surface area contributed by atoms with Crippen LogP contribution in [0.15, 0.2) is 24.3 Å². The van der Waals surface area contributed by atoms with E-state index in [1.807, 2.05) is 31.2 Å². The van der Waals surface area contributed by atoms with Crippen molar-refractivity contribution in [2.45, 2.75) is 25.3 Å². The Morgan fingerprint density at radius 1 is 1.35 bits per heavy atom. The fourth-order valence-corrected chi connectivity index (χ4v) is 2.95. The van der Waals surface area contributed by atoms with Crippen molar-refractivity contribution >= 4 is 11.8 Å². The van der Waals surface area contributed by atoms with Crippen molar-refractivity contribution in [3.8, 4) is 5.75 Å². The molecule has 0 saturated carbocycles. The third kappa shape index (κ3) is 2.13. The lowest BCUT2D eigenvalue weighted by Crippen LogP contribution is -2.58. The third-order valence-electron chi connectivity index (χ3n) is 4.02. The number of carbonyl (C=O) groups excluding carboxylic acids is 2. The topological polar surface area (TPSA) is 58.6 Å². The van der Waals surface area contributed by atoms with Gasteiger partial charge < -0.3 is 15.0 Å². The first-order valence-electron chi connectivity index (χ1n) is 6.99. The Kier molecular flexibility index (Phi) is 3.34. The molecule has 106 valence electrons. The lowest BCUT2D eigenvalue weighted by atomic mass is 9.98. The zero-order valence-corrected chi connectivity index (χ0v) is 11.5. The lowest BCUT2D eigenvalue weighted by molar-refractivity contribution is -0.146. The lowest BCUT2D eigenvalue weighted by Gasteiger charge is -2.35. The molecule has 0 aliphatic carbocycles. The maximum Gasteiger partial charge on any atom is 0.243 e. The van der Waals surface area contributed by atoms with E-state index in [2.05, 4.69) is 5.32 Å². The Bertz CT molecular complexity index is 544. The number of hydrogen-bond acceptors (Lipinski definition) is 3. The van der Waals surface area contributed by atoms with Gasteiger partial charge in [-0.05, 0) is 12.5 Å². The van der Waals surface area contributed by atoms with Gasteiger partial charge in [0.1, 0.15) is 11.8 Å². The smallest absolute Gasteiger partial charge is 0.243 e. The molecule has 5 heteroatoms. The van der Waals surface area contributed by atoms with Crippen LogP contribution in [0.2, 0.25) is 0 Å². The van der Waals surface area contributed by atoms with E-state index in [1.165, 1.54) is 0 Å². The molecule has 3 rings (SSSR count). The Morgan fingerprint density at radius 3 is 2.95 bits per heavy atom. The van der Waals surface area contributed by atoms with Crippen LogP contribution in [0.25, 0.3) is 0 Å². The van der Waals surface area contributed by atoms with Crippen molar-refractivity contribution in [3.05, 3.63) is 29.8 Å². The van der Waals surface area contributed by atoms with Crippen LogP contribution in [-0.2, 0) is 9.59 Å². The quantitative estimate of drug-likeness (QED) is 0.891. The van der Waals surface area contributed by atoms with Gasteiger partial charge in [0, 0.05) is 18.0 Å². The van der Waals surface area contributed by atoms with E-state index in [1.54, 1.807) is 4.90 Å². The van der Waals surface area contributed by atoms with Gasteiger partial charge in [-0.1, -0.05) is 25.1 Å². The number of piperazine rings is 1. The van der Waals surface area contributed by atoms with Gasteiger partial charge in [0.15, 0.2) is 0 Å². The molecule has 2 unspecified atom stereocenters. The molecule has 2 aliphatic rings. The van der Waals surface area contributed by atoms with E-state index in [0.29, 0.717) is 19.6 Å². The Hall–Kier alpha value is -2.04. The average molecular weight is 274 g/mol. The number of nitrogens with zero attached hydrogens (tertiary/aromatic N) is 1. The van der Waals surface area contributed by atoms with Crippen LogP contribution in [0.3, 0.4) is 0 Å². The molecule has 2 heterocycles. The van der Waals surface area contributed by atoms with Gasteiger partial charge in [0.2, 0.25) is 11.8 Å². The zero-order chi connectivity index (χ0) is 14.1. The molecule has 20 heavy (non-hydrogen) atoms. The van der Waals surface area contributed by atoms with Gasteiger partial charge in [-0.3, -0.25) is 9.59 Å². The molecule has 0 aromatic heterocycles. The second-order valence-electron chi connectivity index (χ2n) is 5.23. The van der Waals surface area contributed by atoms with Gasteiger partial charge in [-0.25, -0.2) is 0 Å². The first kappa shape index (κ1) is 13.0. The molecule has 1 aromatic rings. The summed E-state index contributed by atoms with van der Waals surface area (Å²) >= 11 is 0. The van der Waals surface area contributed by atoms with Crippen LogP contribution in [0.5, 0.6) is 5.75 Å². The van der Waals surface area contributed by atoms with E-state index >= 15 is 0 Å². The van der Waals surface area contributed by atoms with Crippen molar-refractivity contribution in [1.29, 1.82) is 0 Å². The number of hydrogen-bond donors (Lipinski definition) is 1. The van der Waals surface area contributed by atoms with Crippen molar-refractivity contribution in [3.63, 3.8) is 0 Å². The first-order chi connectivity index (χ1) is 9.70. The standard InChI is InChI=1S/C15H18N2O3/c1-2-12-15(19)16-7-14(18)17(12)8-10-9-20-13-6-4-3-5-11(10)13/h3-6,10,12H,2,7-9H2,1H3,(H,16,19). The molecule has 1 saturated heterocycles. The average Bonchev–Trinajstić information content (AvgIpc) is 2.87. The van der Waals surface area contributed by atoms with E-state index < -0.39 is 0 Å². The molecular weight excluding hydrogens is 256 g/mol. The number of fused-ring (bicyclic) bond motifs is 1. The minimum absolute atomic E-state index is 0.0131. The minimum atomic E-state index is -0.357. The number of benzene rings is 1. The molecular formula is C15H18N2O3. The Labute approximate surface area is 117 Å². The van der Waals surface area contributed by atoms with Crippen LogP contribution < -0.4 is 10.1 Å². The second kappa shape index (κ2) is 5.15. The van der Waals surface area contributed by atoms with Crippen molar-refractivity contribution in [1.82, 2.24) is 10.2 Å². The highest BCUT2D eigenvalue weighted by Crippen LogP contribution is 2.34. The summed E-state index contributed by atoms with van der Waals surface area (Å²) in [6, 6.07) is 7.53. The summed E-state index contributed by atoms with van der Waals surface area (Å²) in [6.45, 7) is 3.14. The molecule has 0 bridgehead atoms. The van der Waals surface area contributed by atoms with E-state index in [9.17, 15) is 9.59 Å². The molecule has 2 amide bonds. The Balaban J connectivity index is 1.80. The second-order valence-corrected chi connectivity index (χ2v) is 5.23. The van der Waals surface area contributed by atoms with E-state index in [-0.39, 0.29) is 30.3 Å². The fourth-order valence-electron chi connectivity index (χ4n) is 2.95. The summed E-state index contributed by atoms with van der Waals surface area (Å²) < 4.78 is 5.65. The van der Waals surface area contributed by atoms with Gasteiger partial charge in [0.05, 0.1) is 13.2 Å². The van der Waals surface area contributed by atoms with Crippen LogP contribution in [-0.4, -0.2) is 42.5 Å². The molecule has 1 fully saturated rings. The maximum absolute atomic E-state index is 12.1. The van der Waals surface area contributed by atoms with Crippen molar-refractivity contribution in [2.75, 3.05) is 19.7 Å². The van der Waals surface area contributed by atoms with Crippen molar-refractivity contribution < 1.29 is 14.3 Å². The summed E-state index contributed by atoms with van der Waals surface area (Å²) in [6.07, 6.45) is 0.632. The molecule has 2 atom stereocenters.